The monoisotopic (exact) mass is 310 g/mol. The molecule has 0 aromatic heterocycles. The lowest BCUT2D eigenvalue weighted by molar-refractivity contribution is -0.552. The number of hydrogen-bond donors (Lipinski definition) is 1. The normalized spacial score (nSPS) is 13.3. The van der Waals surface area contributed by atoms with Crippen LogP contribution in [0.1, 0.15) is 27.2 Å². The van der Waals surface area contributed by atoms with Crippen LogP contribution in [-0.2, 0) is 9.53 Å². The van der Waals surface area contributed by atoms with Crippen LogP contribution in [0, 0.1) is 10.1 Å². The van der Waals surface area contributed by atoms with Gasteiger partial charge < -0.3 is 14.8 Å². The highest BCUT2D eigenvalue weighted by Gasteiger charge is 2.51. The molecule has 7 heteroatoms. The summed E-state index contributed by atoms with van der Waals surface area (Å²) in [5.74, 6) is -0.142. The summed E-state index contributed by atoms with van der Waals surface area (Å²) >= 11 is 0. The predicted octanol–water partition coefficient (Wildman–Crippen LogP) is 2.48. The first kappa shape index (κ1) is 17.7. The molecule has 1 atom stereocenters. The Morgan fingerprint density at radius 2 is 1.95 bits per heavy atom. The smallest absolute Gasteiger partial charge is 0.386 e. The Kier molecular flexibility index (Phi) is 6.15. The minimum Gasteiger partial charge on any atom is -0.497 e. The molecule has 0 saturated heterocycles. The zero-order chi connectivity index (χ0) is 16.8. The molecule has 0 amide bonds. The van der Waals surface area contributed by atoms with Crippen LogP contribution in [-0.4, -0.2) is 36.2 Å². The molecule has 1 unspecified atom stereocenters. The van der Waals surface area contributed by atoms with E-state index in [9.17, 15) is 14.9 Å². The summed E-state index contributed by atoms with van der Waals surface area (Å²) in [5.41, 5.74) is -1.14. The van der Waals surface area contributed by atoms with Gasteiger partial charge in [-0.3, -0.25) is 10.1 Å². The van der Waals surface area contributed by atoms with Gasteiger partial charge in [-0.1, -0.05) is 6.92 Å². The average molecular weight is 310 g/mol. The number of rotatable bonds is 8. The van der Waals surface area contributed by atoms with Crippen LogP contribution in [0.4, 0.5) is 5.69 Å². The number of carbonyl (C=O) groups excluding carboxylic acids is 1. The lowest BCUT2D eigenvalue weighted by Crippen LogP contribution is -2.53. The van der Waals surface area contributed by atoms with E-state index >= 15 is 0 Å². The van der Waals surface area contributed by atoms with Crippen molar-refractivity contribution in [1.82, 2.24) is 0 Å². The molecule has 1 rings (SSSR count). The lowest BCUT2D eigenvalue weighted by atomic mass is 9.97. The van der Waals surface area contributed by atoms with E-state index in [4.69, 9.17) is 9.47 Å². The Hall–Kier alpha value is -2.31. The van der Waals surface area contributed by atoms with Crippen molar-refractivity contribution in [2.45, 2.75) is 38.8 Å². The Balaban J connectivity index is 2.88. The molecule has 1 aromatic carbocycles. The second-order valence-corrected chi connectivity index (χ2v) is 5.18. The maximum absolute atomic E-state index is 12.1. The summed E-state index contributed by atoms with van der Waals surface area (Å²) in [6.07, 6.45) is -0.367. The van der Waals surface area contributed by atoms with Crippen LogP contribution in [0.3, 0.4) is 0 Å². The summed E-state index contributed by atoms with van der Waals surface area (Å²) in [4.78, 5) is 23.0. The first-order valence-electron chi connectivity index (χ1n) is 7.09. The average Bonchev–Trinajstić information content (AvgIpc) is 2.48. The molecular formula is C15H22N2O5. The van der Waals surface area contributed by atoms with Crippen molar-refractivity contribution in [2.24, 2.45) is 0 Å². The molecule has 0 radical (unpaired) electrons. The molecule has 122 valence electrons. The number of anilines is 1. The summed E-state index contributed by atoms with van der Waals surface area (Å²) in [6.45, 7) is 4.78. The van der Waals surface area contributed by atoms with Gasteiger partial charge in [0.15, 0.2) is 0 Å². The predicted molar refractivity (Wildman–Crippen MR) is 82.7 cm³/mol. The van der Waals surface area contributed by atoms with Gasteiger partial charge in [0.1, 0.15) is 5.75 Å². The largest absolute Gasteiger partial charge is 0.497 e. The molecule has 0 bridgehead atoms. The van der Waals surface area contributed by atoms with E-state index in [-0.39, 0.29) is 13.0 Å². The number of benzene rings is 1. The van der Waals surface area contributed by atoms with Crippen LogP contribution in [0.25, 0.3) is 0 Å². The first-order chi connectivity index (χ1) is 10.4. The van der Waals surface area contributed by atoms with Gasteiger partial charge in [0, 0.05) is 17.0 Å². The Labute approximate surface area is 129 Å². The fraction of sp³-hybridized carbons (Fsp3) is 0.533. The van der Waals surface area contributed by atoms with Crippen molar-refractivity contribution in [2.75, 3.05) is 19.0 Å². The van der Waals surface area contributed by atoms with Crippen molar-refractivity contribution in [3.8, 4) is 5.75 Å². The minimum absolute atomic E-state index is 0.0364. The van der Waals surface area contributed by atoms with E-state index < -0.39 is 22.5 Å². The van der Waals surface area contributed by atoms with Gasteiger partial charge in [0.2, 0.25) is 0 Å². The molecule has 0 aliphatic carbocycles. The van der Waals surface area contributed by atoms with E-state index in [0.29, 0.717) is 11.4 Å². The van der Waals surface area contributed by atoms with Crippen molar-refractivity contribution in [3.05, 3.63) is 34.4 Å². The first-order valence-corrected chi connectivity index (χ1v) is 7.09. The maximum atomic E-state index is 12.1. The van der Waals surface area contributed by atoms with E-state index in [1.165, 1.54) is 0 Å². The third-order valence-electron chi connectivity index (χ3n) is 3.33. The fourth-order valence-corrected chi connectivity index (χ4v) is 1.89. The number of nitrogens with zero attached hydrogens (tertiary/aromatic N) is 1. The Bertz CT molecular complexity index is 515. The van der Waals surface area contributed by atoms with E-state index in [0.717, 1.165) is 0 Å². The third-order valence-corrected chi connectivity index (χ3v) is 3.33. The highest BCUT2D eigenvalue weighted by Crippen LogP contribution is 2.21. The third kappa shape index (κ3) is 4.09. The zero-order valence-corrected chi connectivity index (χ0v) is 13.3. The van der Waals surface area contributed by atoms with Crippen LogP contribution < -0.4 is 10.1 Å². The standard InChI is InChI=1S/C15H22N2O5/c1-5-15(17(19)20,14(18)22-11(2)3)10-16-12-6-8-13(21-4)9-7-12/h6-9,11,16H,5,10H2,1-4H3. The number of nitro groups is 1. The van der Waals surface area contributed by atoms with Crippen molar-refractivity contribution >= 4 is 11.7 Å². The number of hydrogen-bond acceptors (Lipinski definition) is 6. The van der Waals surface area contributed by atoms with Crippen LogP contribution >= 0.6 is 0 Å². The van der Waals surface area contributed by atoms with Gasteiger partial charge in [-0.05, 0) is 38.1 Å². The van der Waals surface area contributed by atoms with Crippen LogP contribution in [0.5, 0.6) is 5.75 Å². The Morgan fingerprint density at radius 1 is 1.36 bits per heavy atom. The molecular weight excluding hydrogens is 288 g/mol. The quantitative estimate of drug-likeness (QED) is 0.450. The van der Waals surface area contributed by atoms with Gasteiger partial charge in [-0.25, -0.2) is 4.79 Å². The molecule has 0 heterocycles. The summed E-state index contributed by atoms with van der Waals surface area (Å²) < 4.78 is 10.1. The molecule has 0 spiro atoms. The summed E-state index contributed by atoms with van der Waals surface area (Å²) in [6, 6.07) is 6.92. The molecule has 0 saturated carbocycles. The zero-order valence-electron chi connectivity index (χ0n) is 13.3. The molecule has 1 N–H and O–H groups in total. The molecule has 0 aliphatic rings. The molecule has 1 aromatic rings. The van der Waals surface area contributed by atoms with Gasteiger partial charge in [0.25, 0.3) is 0 Å². The number of methoxy groups -OCH3 is 1. The summed E-state index contributed by atoms with van der Waals surface area (Å²) in [5, 5.41) is 14.4. The number of carbonyl (C=O) groups is 1. The highest BCUT2D eigenvalue weighted by atomic mass is 16.6. The van der Waals surface area contributed by atoms with E-state index in [1.54, 1.807) is 52.1 Å². The molecule has 0 aliphatic heterocycles. The van der Waals surface area contributed by atoms with Crippen molar-refractivity contribution in [1.29, 1.82) is 0 Å². The van der Waals surface area contributed by atoms with E-state index in [1.807, 2.05) is 0 Å². The lowest BCUT2D eigenvalue weighted by Gasteiger charge is -2.24. The van der Waals surface area contributed by atoms with Gasteiger partial charge >= 0.3 is 11.5 Å². The van der Waals surface area contributed by atoms with Gasteiger partial charge in [-0.2, -0.15) is 0 Å². The SMILES string of the molecule is CCC(CNc1ccc(OC)cc1)(C(=O)OC(C)C)[N+](=O)[O-]. The fourth-order valence-electron chi connectivity index (χ4n) is 1.89. The van der Waals surface area contributed by atoms with Crippen LogP contribution in [0.2, 0.25) is 0 Å². The number of esters is 1. The second-order valence-electron chi connectivity index (χ2n) is 5.18. The van der Waals surface area contributed by atoms with Crippen molar-refractivity contribution < 1.29 is 19.2 Å². The summed E-state index contributed by atoms with van der Waals surface area (Å²) in [7, 11) is 1.55. The van der Waals surface area contributed by atoms with Crippen molar-refractivity contribution in [3.63, 3.8) is 0 Å². The number of nitrogens with one attached hydrogen (secondary N) is 1. The molecule has 22 heavy (non-hydrogen) atoms. The Morgan fingerprint density at radius 3 is 2.36 bits per heavy atom. The van der Waals surface area contributed by atoms with E-state index in [2.05, 4.69) is 5.32 Å². The molecule has 0 fully saturated rings. The maximum Gasteiger partial charge on any atom is 0.386 e. The second kappa shape index (κ2) is 7.63. The highest BCUT2D eigenvalue weighted by molar-refractivity contribution is 5.80. The molecule has 7 nitrogen and oxygen atoms in total. The van der Waals surface area contributed by atoms with Gasteiger partial charge in [-0.15, -0.1) is 0 Å². The van der Waals surface area contributed by atoms with Crippen LogP contribution in [0.15, 0.2) is 24.3 Å². The number of ether oxygens (including phenoxy) is 2. The van der Waals surface area contributed by atoms with Gasteiger partial charge in [0.05, 0.1) is 19.8 Å². The topological polar surface area (TPSA) is 90.7 Å². The minimum atomic E-state index is -1.80.